The molecule has 2 unspecified atom stereocenters. The lowest BCUT2D eigenvalue weighted by atomic mass is 9.76. The molecule has 2 atom stereocenters. The molecule has 2 amide bonds. The van der Waals surface area contributed by atoms with Crippen LogP contribution in [0.4, 0.5) is 11.4 Å². The van der Waals surface area contributed by atoms with Crippen LogP contribution in [0, 0.1) is 0 Å². The second-order valence-electron chi connectivity index (χ2n) is 16.5. The van der Waals surface area contributed by atoms with Crippen LogP contribution in [0.15, 0.2) is 94.4 Å². The number of methoxy groups -OCH3 is 2. The number of rotatable bonds is 26. The topological polar surface area (TPSA) is 270 Å². The highest BCUT2D eigenvalue weighted by Gasteiger charge is 2.48. The lowest BCUT2D eigenvalue weighted by Crippen LogP contribution is -2.33. The van der Waals surface area contributed by atoms with Crippen LogP contribution in [-0.4, -0.2) is 145 Å². The Labute approximate surface area is 396 Å². The number of nitrogens with zero attached hydrogens (tertiary/aromatic N) is 3. The van der Waals surface area contributed by atoms with Gasteiger partial charge in [-0.2, -0.15) is 29.8 Å². The van der Waals surface area contributed by atoms with Gasteiger partial charge in [-0.25, -0.2) is 4.79 Å². The van der Waals surface area contributed by atoms with Crippen molar-refractivity contribution in [2.24, 2.45) is 0 Å². The molecule has 3 aliphatic rings. The Morgan fingerprint density at radius 2 is 1.35 bits per heavy atom. The molecule has 5 rings (SSSR count). The van der Waals surface area contributed by atoms with Crippen LogP contribution in [0.25, 0.3) is 0 Å². The van der Waals surface area contributed by atoms with E-state index < -0.39 is 64.7 Å². The SMILES string of the molecule is COCCOCC[N+]1=C(/C=C/C=C/C=C/C=C2/N(CCOCCC(=O)ON3C(=O)CCC3=O)c3ccc(S(=O)(=O)O)cc3C2(C)CCOC)C(C)(CCCS(=O)(=O)O)c2cc(S(=O)(=O)O)ccc21. The number of imide groups is 1. The molecule has 1 saturated heterocycles. The van der Waals surface area contributed by atoms with E-state index in [4.69, 9.17) is 23.8 Å². The van der Waals surface area contributed by atoms with Gasteiger partial charge in [-0.3, -0.25) is 23.2 Å². The van der Waals surface area contributed by atoms with Crippen LogP contribution in [0.5, 0.6) is 0 Å². The Kier molecular flexibility index (Phi) is 18.3. The maximum atomic E-state index is 12.3. The zero-order chi connectivity index (χ0) is 49.9. The molecule has 0 bridgehead atoms. The van der Waals surface area contributed by atoms with E-state index in [1.165, 1.54) is 24.3 Å². The number of hydrogen-bond donors (Lipinski definition) is 3. The Balaban J connectivity index is 1.42. The van der Waals surface area contributed by atoms with E-state index >= 15 is 0 Å². The average molecular weight is 1010 g/mol. The Bertz CT molecular complexity index is 2700. The standard InChI is InChI=1S/C45H57N3O17S3/c1-44(20-10-30-66(52,53)54)35-31-33(67(55,56)57)13-15-37(35)46(23-27-64-29-28-62-4)39(44)11-8-6-5-7-9-12-40-45(2,21-25-61-3)36-32-34(68(58,59)60)14-16-38(36)47(40)22-26-63-24-19-43(51)65-48-41(49)17-18-42(48)50/h5-9,11-16,31-32H,10,17-30H2,1-4H3,(H2-,52,53,54,55,56,57,58,59,60)/p+1. The molecule has 23 heteroatoms. The molecule has 0 spiro atoms. The highest BCUT2D eigenvalue weighted by atomic mass is 32.2. The molecule has 0 aliphatic carbocycles. The number of hydroxylamine groups is 2. The molecule has 3 N–H and O–H groups in total. The fourth-order valence-corrected chi connectivity index (χ4v) is 9.93. The van der Waals surface area contributed by atoms with Gasteiger partial charge < -0.3 is 28.7 Å². The number of fused-ring (bicyclic) bond motifs is 2. The van der Waals surface area contributed by atoms with Gasteiger partial charge in [0.1, 0.15) is 6.61 Å². The molecule has 0 aromatic heterocycles. The van der Waals surface area contributed by atoms with E-state index in [0.29, 0.717) is 59.5 Å². The third kappa shape index (κ3) is 13.4. The Morgan fingerprint density at radius 1 is 0.735 bits per heavy atom. The fourth-order valence-electron chi connectivity index (χ4n) is 8.41. The number of allylic oxidation sites excluding steroid dienone is 8. The molecule has 3 aliphatic heterocycles. The quantitative estimate of drug-likeness (QED) is 0.0391. The summed E-state index contributed by atoms with van der Waals surface area (Å²) in [6, 6.07) is 8.54. The highest BCUT2D eigenvalue weighted by Crippen LogP contribution is 2.51. The van der Waals surface area contributed by atoms with Crippen LogP contribution < -0.4 is 4.90 Å². The maximum Gasteiger partial charge on any atom is 0.335 e. The van der Waals surface area contributed by atoms with Gasteiger partial charge in [0.05, 0.1) is 53.8 Å². The molecule has 1 fully saturated rings. The van der Waals surface area contributed by atoms with E-state index in [1.807, 2.05) is 35.5 Å². The summed E-state index contributed by atoms with van der Waals surface area (Å²) in [5, 5.41) is 0.467. The van der Waals surface area contributed by atoms with Crippen molar-refractivity contribution in [1.29, 1.82) is 0 Å². The van der Waals surface area contributed by atoms with Gasteiger partial charge in [-0.1, -0.05) is 30.4 Å². The normalized spacial score (nSPS) is 20.6. The second-order valence-corrected chi connectivity index (χ2v) is 20.9. The van der Waals surface area contributed by atoms with Crippen LogP contribution in [0.1, 0.15) is 63.5 Å². The van der Waals surface area contributed by atoms with E-state index in [1.54, 1.807) is 56.7 Å². The molecule has 0 saturated carbocycles. The number of amides is 2. The zero-order valence-corrected chi connectivity index (χ0v) is 40.7. The molecular formula is C45H58N3O17S3+. The van der Waals surface area contributed by atoms with Gasteiger partial charge >= 0.3 is 5.97 Å². The minimum absolute atomic E-state index is 0.0287. The van der Waals surface area contributed by atoms with E-state index in [2.05, 4.69) is 0 Å². The third-order valence-electron chi connectivity index (χ3n) is 11.9. The van der Waals surface area contributed by atoms with Crippen molar-refractivity contribution in [2.45, 2.75) is 73.0 Å². The second kappa shape index (κ2) is 23.1. The molecule has 2 aromatic rings. The monoisotopic (exact) mass is 1010 g/mol. The largest absolute Gasteiger partial charge is 0.385 e. The first-order valence-corrected chi connectivity index (χ1v) is 26.1. The number of benzene rings is 2. The molecule has 20 nitrogen and oxygen atoms in total. The first-order valence-electron chi connectivity index (χ1n) is 21.6. The predicted octanol–water partition coefficient (Wildman–Crippen LogP) is 4.25. The summed E-state index contributed by atoms with van der Waals surface area (Å²) in [6.07, 6.45) is 12.8. The fraction of sp³-hybridized carbons (Fsp3) is 0.467. The average Bonchev–Trinajstić information content (AvgIpc) is 3.79. The lowest BCUT2D eigenvalue weighted by Gasteiger charge is -2.30. The van der Waals surface area contributed by atoms with Gasteiger partial charge in [0.15, 0.2) is 12.3 Å². The van der Waals surface area contributed by atoms with Crippen LogP contribution in [-0.2, 0) is 79.4 Å². The molecule has 3 heterocycles. The summed E-state index contributed by atoms with van der Waals surface area (Å²) in [6.45, 7) is 5.54. The van der Waals surface area contributed by atoms with Gasteiger partial charge in [-0.05, 0) is 75.1 Å². The number of ether oxygens (including phenoxy) is 4. The summed E-state index contributed by atoms with van der Waals surface area (Å²) in [5.74, 6) is -2.54. The van der Waals surface area contributed by atoms with Gasteiger partial charge in [-0.15, -0.1) is 5.06 Å². The smallest absolute Gasteiger partial charge is 0.335 e. The van der Waals surface area contributed by atoms with Crippen molar-refractivity contribution in [3.8, 4) is 0 Å². The summed E-state index contributed by atoms with van der Waals surface area (Å²) in [7, 11) is -10.4. The minimum Gasteiger partial charge on any atom is -0.385 e. The van der Waals surface area contributed by atoms with Crippen LogP contribution in [0.3, 0.4) is 0 Å². The van der Waals surface area contributed by atoms with Crippen molar-refractivity contribution in [2.75, 3.05) is 77.6 Å². The minimum atomic E-state index is -4.60. The van der Waals surface area contributed by atoms with Crippen molar-refractivity contribution in [3.05, 3.63) is 95.8 Å². The number of anilines is 1. The zero-order valence-electron chi connectivity index (χ0n) is 38.2. The highest BCUT2D eigenvalue weighted by molar-refractivity contribution is 7.86. The lowest BCUT2D eigenvalue weighted by molar-refractivity contribution is -0.442. The van der Waals surface area contributed by atoms with Crippen LogP contribution >= 0.6 is 0 Å². The maximum absolute atomic E-state index is 12.3. The van der Waals surface area contributed by atoms with Crippen molar-refractivity contribution in [1.82, 2.24) is 5.06 Å². The molecule has 68 heavy (non-hydrogen) atoms. The Morgan fingerprint density at radius 3 is 2.00 bits per heavy atom. The van der Waals surface area contributed by atoms with Crippen LogP contribution in [0.2, 0.25) is 0 Å². The number of carbonyl (C=O) groups excluding carboxylic acids is 3. The van der Waals surface area contributed by atoms with Crippen molar-refractivity contribution < 1.29 is 81.7 Å². The molecule has 0 radical (unpaired) electrons. The van der Waals surface area contributed by atoms with E-state index in [-0.39, 0.29) is 74.9 Å². The summed E-state index contributed by atoms with van der Waals surface area (Å²) in [5.41, 5.74) is 2.00. The number of carbonyl (C=O) groups is 3. The first kappa shape index (κ1) is 54.0. The van der Waals surface area contributed by atoms with E-state index in [0.717, 1.165) is 5.70 Å². The van der Waals surface area contributed by atoms with Crippen molar-refractivity contribution in [3.63, 3.8) is 0 Å². The Hall–Kier alpha value is -4.95. The molecule has 372 valence electrons. The van der Waals surface area contributed by atoms with E-state index in [9.17, 15) is 53.3 Å². The summed E-state index contributed by atoms with van der Waals surface area (Å²) < 4.78 is 126. The summed E-state index contributed by atoms with van der Waals surface area (Å²) >= 11 is 0. The van der Waals surface area contributed by atoms with Gasteiger partial charge in [0.2, 0.25) is 5.69 Å². The van der Waals surface area contributed by atoms with Gasteiger partial charge in [0, 0.05) is 74.7 Å². The van der Waals surface area contributed by atoms with Gasteiger partial charge in [0.25, 0.3) is 42.2 Å². The molecular weight excluding hydrogens is 951 g/mol. The first-order chi connectivity index (χ1) is 32.0. The number of hydrogen-bond acceptors (Lipinski definition) is 15. The van der Waals surface area contributed by atoms with Crippen molar-refractivity contribution >= 4 is 65.2 Å². The summed E-state index contributed by atoms with van der Waals surface area (Å²) in [4.78, 5) is 42.2. The predicted molar refractivity (Wildman–Crippen MR) is 247 cm³/mol. The third-order valence-corrected chi connectivity index (χ3v) is 14.4. The molecule has 2 aromatic carbocycles.